The van der Waals surface area contributed by atoms with Gasteiger partial charge in [-0.3, -0.25) is 0 Å². The summed E-state index contributed by atoms with van der Waals surface area (Å²) in [6, 6.07) is 2.07. The van der Waals surface area contributed by atoms with Gasteiger partial charge < -0.3 is 15.4 Å². The first-order valence-corrected chi connectivity index (χ1v) is 7.95. The Labute approximate surface area is 129 Å². The minimum Gasteiger partial charge on any atom is -0.462 e. The highest BCUT2D eigenvalue weighted by molar-refractivity contribution is 7.17. The largest absolute Gasteiger partial charge is 0.462 e. The molecular formula is C15H21N3O2S. The van der Waals surface area contributed by atoms with Gasteiger partial charge >= 0.3 is 5.97 Å². The Morgan fingerprint density at radius 1 is 1.57 bits per heavy atom. The second kappa shape index (κ2) is 5.94. The quantitative estimate of drug-likeness (QED) is 0.868. The topological polar surface area (TPSA) is 79.3 Å². The molecule has 0 saturated carbocycles. The zero-order chi connectivity index (χ0) is 15.6. The van der Waals surface area contributed by atoms with Gasteiger partial charge in [0.2, 0.25) is 0 Å². The standard InChI is InChI=1S/C15H21N3O2S/c1-4-20-14(19)11-12(17)10(8-16)21-13(11)18-7-5-6-15(2,3)9-18/h4-7,9,17H2,1-3H3. The summed E-state index contributed by atoms with van der Waals surface area (Å²) in [4.78, 5) is 14.7. The summed E-state index contributed by atoms with van der Waals surface area (Å²) in [7, 11) is 0. The van der Waals surface area contributed by atoms with E-state index in [1.807, 2.05) is 0 Å². The second-order valence-corrected chi connectivity index (χ2v) is 7.05. The second-order valence-electron chi connectivity index (χ2n) is 6.05. The average Bonchev–Trinajstić information content (AvgIpc) is 2.75. The van der Waals surface area contributed by atoms with Crippen molar-refractivity contribution in [3.63, 3.8) is 0 Å². The van der Waals surface area contributed by atoms with Crippen molar-refractivity contribution in [2.45, 2.75) is 33.6 Å². The fourth-order valence-electron chi connectivity index (χ4n) is 2.73. The number of piperidine rings is 1. The van der Waals surface area contributed by atoms with E-state index >= 15 is 0 Å². The fourth-order valence-corrected chi connectivity index (χ4v) is 3.77. The third-order valence-corrected chi connectivity index (χ3v) is 4.87. The number of thiophene rings is 1. The molecule has 114 valence electrons. The molecule has 1 aliphatic heterocycles. The van der Waals surface area contributed by atoms with Crippen LogP contribution in [0.25, 0.3) is 0 Å². The number of hydrogen-bond acceptors (Lipinski definition) is 6. The van der Waals surface area contributed by atoms with Gasteiger partial charge in [-0.2, -0.15) is 5.26 Å². The molecule has 0 bridgehead atoms. The van der Waals surface area contributed by atoms with Crippen molar-refractivity contribution in [2.24, 2.45) is 5.41 Å². The maximum atomic E-state index is 12.2. The highest BCUT2D eigenvalue weighted by Gasteiger charge is 2.32. The molecule has 2 N–H and O–H groups in total. The molecule has 21 heavy (non-hydrogen) atoms. The van der Waals surface area contributed by atoms with E-state index in [0.717, 1.165) is 30.9 Å². The molecule has 2 rings (SSSR count). The van der Waals surface area contributed by atoms with Gasteiger partial charge in [-0.15, -0.1) is 11.3 Å². The summed E-state index contributed by atoms with van der Waals surface area (Å²) < 4.78 is 5.10. The maximum absolute atomic E-state index is 12.2. The molecule has 0 atom stereocenters. The van der Waals surface area contributed by atoms with Gasteiger partial charge in [0, 0.05) is 13.1 Å². The van der Waals surface area contributed by atoms with Gasteiger partial charge in [0.05, 0.1) is 12.3 Å². The number of nitriles is 1. The van der Waals surface area contributed by atoms with Crippen LogP contribution in [0.15, 0.2) is 0 Å². The van der Waals surface area contributed by atoms with E-state index in [1.165, 1.54) is 11.3 Å². The molecule has 0 unspecified atom stereocenters. The predicted molar refractivity (Wildman–Crippen MR) is 84.6 cm³/mol. The van der Waals surface area contributed by atoms with Crippen molar-refractivity contribution in [2.75, 3.05) is 30.3 Å². The van der Waals surface area contributed by atoms with Crippen LogP contribution in [0.4, 0.5) is 10.7 Å². The van der Waals surface area contributed by atoms with Crippen molar-refractivity contribution in [1.29, 1.82) is 5.26 Å². The van der Waals surface area contributed by atoms with Crippen molar-refractivity contribution < 1.29 is 9.53 Å². The first kappa shape index (κ1) is 15.6. The lowest BCUT2D eigenvalue weighted by Crippen LogP contribution is -2.40. The van der Waals surface area contributed by atoms with E-state index in [1.54, 1.807) is 6.92 Å². The van der Waals surface area contributed by atoms with Crippen LogP contribution in [0.5, 0.6) is 0 Å². The van der Waals surface area contributed by atoms with E-state index in [4.69, 9.17) is 10.5 Å². The molecule has 5 nitrogen and oxygen atoms in total. The molecule has 1 aromatic heterocycles. The Hall–Kier alpha value is -1.74. The Kier molecular flexibility index (Phi) is 4.43. The molecule has 0 spiro atoms. The number of carbonyl (C=O) groups excluding carboxylic acids is 1. The molecule has 0 amide bonds. The molecule has 6 heteroatoms. The minimum atomic E-state index is -0.439. The number of carbonyl (C=O) groups is 1. The van der Waals surface area contributed by atoms with Gasteiger partial charge in [-0.05, 0) is 25.2 Å². The van der Waals surface area contributed by atoms with Gasteiger partial charge in [0.15, 0.2) is 0 Å². The van der Waals surface area contributed by atoms with Crippen molar-refractivity contribution in [3.8, 4) is 6.07 Å². The van der Waals surface area contributed by atoms with Crippen LogP contribution in [-0.4, -0.2) is 25.7 Å². The summed E-state index contributed by atoms with van der Waals surface area (Å²) in [5.41, 5.74) is 6.78. The van der Waals surface area contributed by atoms with Crippen molar-refractivity contribution >= 4 is 28.0 Å². The van der Waals surface area contributed by atoms with Crippen LogP contribution in [0.2, 0.25) is 0 Å². The highest BCUT2D eigenvalue weighted by atomic mass is 32.1. The van der Waals surface area contributed by atoms with E-state index in [0.29, 0.717) is 17.0 Å². The number of nitrogens with two attached hydrogens (primary N) is 1. The zero-order valence-electron chi connectivity index (χ0n) is 12.7. The minimum absolute atomic E-state index is 0.190. The number of anilines is 2. The lowest BCUT2D eigenvalue weighted by Gasteiger charge is -2.39. The SMILES string of the molecule is CCOC(=O)c1c(N2CCCC(C)(C)C2)sc(C#N)c1N. The third kappa shape index (κ3) is 3.13. The molecular weight excluding hydrogens is 286 g/mol. The zero-order valence-corrected chi connectivity index (χ0v) is 13.5. The van der Waals surface area contributed by atoms with Crippen molar-refractivity contribution in [1.82, 2.24) is 0 Å². The van der Waals surface area contributed by atoms with Crippen LogP contribution in [0, 0.1) is 16.7 Å². The number of esters is 1. The van der Waals surface area contributed by atoms with E-state index in [9.17, 15) is 10.1 Å². The van der Waals surface area contributed by atoms with Gasteiger partial charge in [-0.25, -0.2) is 4.79 Å². The number of hydrogen-bond donors (Lipinski definition) is 1. The molecule has 0 radical (unpaired) electrons. The average molecular weight is 307 g/mol. The number of rotatable bonds is 3. The lowest BCUT2D eigenvalue weighted by atomic mass is 9.84. The first-order chi connectivity index (χ1) is 9.89. The fraction of sp³-hybridized carbons (Fsp3) is 0.600. The smallest absolute Gasteiger partial charge is 0.343 e. The van der Waals surface area contributed by atoms with Gasteiger partial charge in [0.25, 0.3) is 0 Å². The Morgan fingerprint density at radius 2 is 2.29 bits per heavy atom. The molecule has 1 aliphatic rings. The molecule has 0 aliphatic carbocycles. The lowest BCUT2D eigenvalue weighted by molar-refractivity contribution is 0.0528. The molecule has 1 aromatic rings. The summed E-state index contributed by atoms with van der Waals surface area (Å²) in [6.45, 7) is 8.21. The summed E-state index contributed by atoms with van der Waals surface area (Å²) in [6.07, 6.45) is 2.22. The predicted octanol–water partition coefficient (Wildman–Crippen LogP) is 3.01. The Bertz CT molecular complexity index is 586. The summed E-state index contributed by atoms with van der Waals surface area (Å²) in [5, 5.41) is 9.95. The number of ether oxygens (including phenoxy) is 1. The van der Waals surface area contributed by atoms with E-state index in [-0.39, 0.29) is 11.1 Å². The van der Waals surface area contributed by atoms with Gasteiger partial charge in [-0.1, -0.05) is 13.8 Å². The van der Waals surface area contributed by atoms with Crippen LogP contribution >= 0.6 is 11.3 Å². The van der Waals surface area contributed by atoms with Crippen molar-refractivity contribution in [3.05, 3.63) is 10.4 Å². The summed E-state index contributed by atoms with van der Waals surface area (Å²) in [5.74, 6) is -0.439. The molecule has 1 fully saturated rings. The maximum Gasteiger partial charge on any atom is 0.343 e. The molecule has 1 saturated heterocycles. The number of nitrogens with zero attached hydrogens (tertiary/aromatic N) is 2. The highest BCUT2D eigenvalue weighted by Crippen LogP contribution is 2.41. The van der Waals surface area contributed by atoms with Crippen LogP contribution in [0.1, 0.15) is 48.8 Å². The Morgan fingerprint density at radius 3 is 2.86 bits per heavy atom. The molecule has 0 aromatic carbocycles. The Balaban J connectivity index is 2.43. The number of nitrogen functional groups attached to an aromatic ring is 1. The normalized spacial score (nSPS) is 17.3. The van der Waals surface area contributed by atoms with Crippen LogP contribution < -0.4 is 10.6 Å². The molecule has 2 heterocycles. The van der Waals surface area contributed by atoms with Crippen LogP contribution in [0.3, 0.4) is 0 Å². The first-order valence-electron chi connectivity index (χ1n) is 7.14. The van der Waals surface area contributed by atoms with E-state index in [2.05, 4.69) is 24.8 Å². The third-order valence-electron chi connectivity index (χ3n) is 3.70. The monoisotopic (exact) mass is 307 g/mol. The van der Waals surface area contributed by atoms with Crippen LogP contribution in [-0.2, 0) is 4.74 Å². The van der Waals surface area contributed by atoms with E-state index < -0.39 is 5.97 Å². The van der Waals surface area contributed by atoms with Gasteiger partial charge in [0.1, 0.15) is 21.5 Å². The summed E-state index contributed by atoms with van der Waals surface area (Å²) >= 11 is 1.29.